The summed E-state index contributed by atoms with van der Waals surface area (Å²) in [6.45, 7) is 0. The second-order valence-corrected chi connectivity index (χ2v) is 13.3. The SMILES string of the molecule is Cn1c(-c2[c-]c3c(c(-c4ccccc4)c2)c2cc(-c4ccccc4)ccc2n3-c2[c-]c(-c3ccccn3)ccc2-c2ccccc2)nc2ccccc21.[Pt+2]. The molecule has 0 radical (unpaired) electrons. The van der Waals surface area contributed by atoms with Crippen LogP contribution in [0.2, 0.25) is 0 Å². The fourth-order valence-electron chi connectivity index (χ4n) is 7.64. The molecule has 10 aromatic rings. The van der Waals surface area contributed by atoms with Crippen molar-refractivity contribution in [3.63, 3.8) is 0 Å². The minimum atomic E-state index is 0. The molecule has 0 saturated heterocycles. The van der Waals surface area contributed by atoms with Crippen LogP contribution < -0.4 is 0 Å². The van der Waals surface area contributed by atoms with Gasteiger partial charge in [0, 0.05) is 18.8 Å². The normalized spacial score (nSPS) is 11.3. The van der Waals surface area contributed by atoms with Crippen molar-refractivity contribution < 1.29 is 21.1 Å². The third kappa shape index (κ3) is 5.67. The molecule has 258 valence electrons. The maximum atomic E-state index is 5.16. The fourth-order valence-corrected chi connectivity index (χ4v) is 7.64. The van der Waals surface area contributed by atoms with Gasteiger partial charge in [0.05, 0.1) is 16.9 Å². The number of hydrogen-bond acceptors (Lipinski definition) is 2. The molecule has 0 N–H and O–H groups in total. The van der Waals surface area contributed by atoms with Crippen LogP contribution in [0.3, 0.4) is 0 Å². The molecule has 0 aliphatic carbocycles. The van der Waals surface area contributed by atoms with Crippen LogP contribution >= 0.6 is 0 Å². The van der Waals surface area contributed by atoms with E-state index in [0.717, 1.165) is 89.0 Å². The Kier molecular flexibility index (Phi) is 8.61. The monoisotopic (exact) mass is 871 g/mol. The summed E-state index contributed by atoms with van der Waals surface area (Å²) in [4.78, 5) is 9.88. The number of pyridine rings is 1. The number of aryl methyl sites for hydroxylation is 1. The van der Waals surface area contributed by atoms with E-state index < -0.39 is 0 Å². The third-order valence-electron chi connectivity index (χ3n) is 10.2. The summed E-state index contributed by atoms with van der Waals surface area (Å²) < 4.78 is 4.53. The van der Waals surface area contributed by atoms with E-state index in [2.05, 4.69) is 174 Å². The van der Waals surface area contributed by atoms with Gasteiger partial charge >= 0.3 is 21.1 Å². The Bertz CT molecular complexity index is 2930. The van der Waals surface area contributed by atoms with E-state index in [4.69, 9.17) is 9.97 Å². The van der Waals surface area contributed by atoms with Gasteiger partial charge in [-0.2, -0.15) is 0 Å². The first-order valence-corrected chi connectivity index (χ1v) is 17.8. The largest absolute Gasteiger partial charge is 2.00 e. The number of aromatic nitrogens is 4. The summed E-state index contributed by atoms with van der Waals surface area (Å²) in [5, 5.41) is 2.27. The molecule has 0 aliphatic heterocycles. The van der Waals surface area contributed by atoms with Crippen LogP contribution in [-0.2, 0) is 28.1 Å². The van der Waals surface area contributed by atoms with E-state index in [1.807, 2.05) is 30.5 Å². The molecule has 10 rings (SSSR count). The zero-order valence-corrected chi connectivity index (χ0v) is 31.6. The smallest absolute Gasteiger partial charge is 0.367 e. The van der Waals surface area contributed by atoms with Crippen LogP contribution in [0.4, 0.5) is 0 Å². The Labute approximate surface area is 328 Å². The maximum Gasteiger partial charge on any atom is 2.00 e. The van der Waals surface area contributed by atoms with Crippen LogP contribution in [0.5, 0.6) is 0 Å². The van der Waals surface area contributed by atoms with Crippen LogP contribution in [-0.4, -0.2) is 19.1 Å². The third-order valence-corrected chi connectivity index (χ3v) is 10.2. The van der Waals surface area contributed by atoms with Crippen LogP contribution in [0, 0.1) is 12.1 Å². The molecule has 0 bridgehead atoms. The summed E-state index contributed by atoms with van der Waals surface area (Å²) in [7, 11) is 2.09. The molecule has 54 heavy (non-hydrogen) atoms. The average Bonchev–Trinajstić information content (AvgIpc) is 3.75. The first-order valence-electron chi connectivity index (χ1n) is 17.8. The summed E-state index contributed by atoms with van der Waals surface area (Å²) in [6.07, 6.45) is 1.84. The Balaban J connectivity index is 0.00000384. The molecule has 0 saturated carbocycles. The molecule has 0 fully saturated rings. The van der Waals surface area contributed by atoms with Gasteiger partial charge in [0.1, 0.15) is 0 Å². The van der Waals surface area contributed by atoms with Gasteiger partial charge in [-0.15, -0.1) is 41.5 Å². The quantitative estimate of drug-likeness (QED) is 0.156. The van der Waals surface area contributed by atoms with Gasteiger partial charge < -0.3 is 14.1 Å². The topological polar surface area (TPSA) is 35.6 Å². The van der Waals surface area contributed by atoms with Crippen molar-refractivity contribution in [3.05, 3.63) is 188 Å². The second-order valence-electron chi connectivity index (χ2n) is 13.3. The van der Waals surface area contributed by atoms with Crippen molar-refractivity contribution in [2.75, 3.05) is 0 Å². The minimum absolute atomic E-state index is 0. The molecular formula is C49H32N4Pt. The first kappa shape index (κ1) is 33.5. The number of para-hydroxylation sites is 2. The molecule has 0 spiro atoms. The molecule has 0 amide bonds. The van der Waals surface area contributed by atoms with E-state index >= 15 is 0 Å². The van der Waals surface area contributed by atoms with Gasteiger partial charge in [-0.1, -0.05) is 149 Å². The van der Waals surface area contributed by atoms with E-state index in [0.29, 0.717) is 0 Å². The first-order chi connectivity index (χ1) is 26.2. The van der Waals surface area contributed by atoms with Crippen molar-refractivity contribution >= 4 is 32.8 Å². The molecular weight excluding hydrogens is 840 g/mol. The van der Waals surface area contributed by atoms with Crippen molar-refractivity contribution in [3.8, 4) is 61.7 Å². The van der Waals surface area contributed by atoms with Gasteiger partial charge in [0.25, 0.3) is 0 Å². The van der Waals surface area contributed by atoms with E-state index in [-0.39, 0.29) is 21.1 Å². The van der Waals surface area contributed by atoms with Crippen LogP contribution in [0.25, 0.3) is 94.6 Å². The van der Waals surface area contributed by atoms with Crippen LogP contribution in [0.1, 0.15) is 0 Å². The maximum absolute atomic E-state index is 5.16. The number of nitrogens with zero attached hydrogens (tertiary/aromatic N) is 4. The standard InChI is InChI=1S/C49H32N4.Pt/c1-52-45-23-12-11-22-43(45)51-49(52)38-30-40(35-19-9-4-10-20-35)48-41-29-36(33-15-5-2-6-16-33)25-27-44(41)53(47(48)32-38)46-31-37(42-21-13-14-28-50-42)24-26-39(46)34-17-7-3-8-18-34;/h2-30H,1H3;/q-2;+2. The molecule has 7 aromatic carbocycles. The van der Waals surface area contributed by atoms with Gasteiger partial charge in [-0.05, 0) is 63.2 Å². The van der Waals surface area contributed by atoms with Gasteiger partial charge in [-0.25, -0.2) is 0 Å². The predicted molar refractivity (Wildman–Crippen MR) is 218 cm³/mol. The van der Waals surface area contributed by atoms with Crippen LogP contribution in [0.15, 0.2) is 176 Å². The molecule has 3 aromatic heterocycles. The van der Waals surface area contributed by atoms with Crippen molar-refractivity contribution in [1.82, 2.24) is 19.1 Å². The van der Waals surface area contributed by atoms with Gasteiger partial charge in [0.2, 0.25) is 0 Å². The summed E-state index contributed by atoms with van der Waals surface area (Å²) in [6, 6.07) is 67.4. The number of hydrogen-bond donors (Lipinski definition) is 0. The Morgan fingerprint density at radius 3 is 1.89 bits per heavy atom. The van der Waals surface area contributed by atoms with E-state index in [1.54, 1.807) is 0 Å². The predicted octanol–water partition coefficient (Wildman–Crippen LogP) is 12.0. The van der Waals surface area contributed by atoms with Crippen molar-refractivity contribution in [2.24, 2.45) is 7.05 Å². The fraction of sp³-hybridized carbons (Fsp3) is 0.0204. The number of benzene rings is 7. The molecule has 3 heterocycles. The number of fused-ring (bicyclic) bond motifs is 4. The molecule has 0 atom stereocenters. The van der Waals surface area contributed by atoms with Gasteiger partial charge in [-0.3, -0.25) is 4.98 Å². The van der Waals surface area contributed by atoms with Gasteiger partial charge in [0.15, 0.2) is 0 Å². The second kappa shape index (κ2) is 13.9. The Morgan fingerprint density at radius 1 is 0.519 bits per heavy atom. The Morgan fingerprint density at radius 2 is 1.19 bits per heavy atom. The molecule has 0 unspecified atom stereocenters. The summed E-state index contributed by atoms with van der Waals surface area (Å²) in [5.41, 5.74) is 14.5. The summed E-state index contributed by atoms with van der Waals surface area (Å²) >= 11 is 0. The molecule has 4 nitrogen and oxygen atoms in total. The average molecular weight is 872 g/mol. The number of imidazole rings is 1. The zero-order chi connectivity index (χ0) is 35.3. The zero-order valence-electron chi connectivity index (χ0n) is 29.3. The molecule has 5 heteroatoms. The van der Waals surface area contributed by atoms with E-state index in [9.17, 15) is 0 Å². The number of rotatable bonds is 6. The Hall–Kier alpha value is -6.35. The molecule has 0 aliphatic rings. The minimum Gasteiger partial charge on any atom is -0.367 e. The van der Waals surface area contributed by atoms with Crippen molar-refractivity contribution in [1.29, 1.82) is 0 Å². The van der Waals surface area contributed by atoms with E-state index in [1.165, 1.54) is 5.56 Å². The van der Waals surface area contributed by atoms with Crippen molar-refractivity contribution in [2.45, 2.75) is 0 Å². The summed E-state index contributed by atoms with van der Waals surface area (Å²) in [5.74, 6) is 0.863.